The molecule has 3 rings (SSSR count). The van der Waals surface area contributed by atoms with Crippen molar-refractivity contribution in [3.8, 4) is 11.5 Å². The van der Waals surface area contributed by atoms with Crippen LogP contribution in [0.4, 0.5) is 5.69 Å². The Morgan fingerprint density at radius 2 is 1.87 bits per heavy atom. The minimum Gasteiger partial charge on any atom is -0.755 e. The molecule has 1 atom stereocenters. The molecule has 0 fully saturated rings. The quantitative estimate of drug-likeness (QED) is 0.704. The molecule has 1 unspecified atom stereocenters. The summed E-state index contributed by atoms with van der Waals surface area (Å²) in [4.78, 5) is 0. The maximum absolute atomic E-state index is 10.8. The molecular formula is C17H14NO4S-. The molecule has 5 nitrogen and oxygen atoms in total. The van der Waals surface area contributed by atoms with Crippen LogP contribution < -0.4 is 9.46 Å². The van der Waals surface area contributed by atoms with Crippen molar-refractivity contribution in [2.24, 2.45) is 0 Å². The molecule has 0 spiro atoms. The molecule has 0 saturated carbocycles. The number of rotatable bonds is 5. The lowest BCUT2D eigenvalue weighted by molar-refractivity contribution is 0.282. The van der Waals surface area contributed by atoms with Gasteiger partial charge in [0.25, 0.3) is 0 Å². The molecule has 2 N–H and O–H groups in total. The number of nitrogens with one attached hydrogen (secondary N) is 1. The van der Waals surface area contributed by atoms with Gasteiger partial charge in [-0.15, -0.1) is 0 Å². The van der Waals surface area contributed by atoms with Crippen LogP contribution in [0, 0.1) is 0 Å². The van der Waals surface area contributed by atoms with E-state index in [0.717, 1.165) is 10.8 Å². The summed E-state index contributed by atoms with van der Waals surface area (Å²) in [6.07, 6.45) is 0. The summed E-state index contributed by atoms with van der Waals surface area (Å²) in [7, 11) is 0. The second-order valence-corrected chi connectivity index (χ2v) is 5.57. The number of aliphatic hydroxyl groups excluding tert-OH is 1. The Morgan fingerprint density at radius 1 is 1.09 bits per heavy atom. The van der Waals surface area contributed by atoms with E-state index >= 15 is 0 Å². The summed E-state index contributed by atoms with van der Waals surface area (Å²) >= 11 is -2.47. The van der Waals surface area contributed by atoms with Crippen molar-refractivity contribution in [2.45, 2.75) is 6.61 Å². The number of aliphatic hydroxyl groups is 1. The van der Waals surface area contributed by atoms with Crippen molar-refractivity contribution in [3.05, 3.63) is 66.2 Å². The average Bonchev–Trinajstić information content (AvgIpc) is 2.55. The normalized spacial score (nSPS) is 12.1. The second kappa shape index (κ2) is 6.78. The molecule has 0 bridgehead atoms. The molecule has 0 aromatic heterocycles. The maximum Gasteiger partial charge on any atom is 0.135 e. The van der Waals surface area contributed by atoms with Gasteiger partial charge in [-0.05, 0) is 17.5 Å². The van der Waals surface area contributed by atoms with E-state index in [0.29, 0.717) is 22.7 Å². The summed E-state index contributed by atoms with van der Waals surface area (Å²) in [6.45, 7) is -0.270. The zero-order chi connectivity index (χ0) is 16.2. The summed E-state index contributed by atoms with van der Waals surface area (Å²) < 4.78 is 29.9. The van der Waals surface area contributed by atoms with E-state index in [9.17, 15) is 13.9 Å². The highest BCUT2D eigenvalue weighted by molar-refractivity contribution is 7.80. The minimum atomic E-state index is -2.47. The molecule has 3 aromatic carbocycles. The Hall–Kier alpha value is -2.41. The standard InChI is InChI=1S/C17H15NO4S/c19-11-13-8-9-14(10-16(13)18-23(20)21)22-17-7-3-5-12-4-1-2-6-15(12)17/h1-10,18-19H,11H2,(H,20,21)/p-1. The Balaban J connectivity index is 1.97. The zero-order valence-electron chi connectivity index (χ0n) is 12.1. The van der Waals surface area contributed by atoms with Crippen molar-refractivity contribution in [1.82, 2.24) is 0 Å². The van der Waals surface area contributed by atoms with E-state index in [1.54, 1.807) is 18.2 Å². The van der Waals surface area contributed by atoms with Crippen LogP contribution >= 0.6 is 0 Å². The first-order valence-corrected chi connectivity index (χ1v) is 8.00. The fourth-order valence-corrected chi connectivity index (χ4v) is 2.72. The highest BCUT2D eigenvalue weighted by atomic mass is 32.2. The predicted octanol–water partition coefficient (Wildman–Crippen LogP) is 3.33. The third kappa shape index (κ3) is 3.50. The fraction of sp³-hybridized carbons (Fsp3) is 0.0588. The van der Waals surface area contributed by atoms with Gasteiger partial charge in [-0.1, -0.05) is 42.5 Å². The molecule has 0 saturated heterocycles. The van der Waals surface area contributed by atoms with Crippen LogP contribution in [-0.4, -0.2) is 13.9 Å². The van der Waals surface area contributed by atoms with E-state index in [4.69, 9.17) is 4.74 Å². The van der Waals surface area contributed by atoms with Crippen LogP contribution in [-0.2, 0) is 17.9 Å². The number of benzene rings is 3. The zero-order valence-corrected chi connectivity index (χ0v) is 12.9. The van der Waals surface area contributed by atoms with E-state index in [1.165, 1.54) is 0 Å². The van der Waals surface area contributed by atoms with Gasteiger partial charge < -0.3 is 19.1 Å². The van der Waals surface area contributed by atoms with Crippen molar-refractivity contribution < 1.29 is 18.6 Å². The van der Waals surface area contributed by atoms with Gasteiger partial charge in [0.05, 0.1) is 12.3 Å². The Labute approximate surface area is 136 Å². The van der Waals surface area contributed by atoms with Crippen LogP contribution in [0.15, 0.2) is 60.7 Å². The molecule has 3 aromatic rings. The molecule has 0 aliphatic rings. The molecule has 0 amide bonds. The van der Waals surface area contributed by atoms with Gasteiger partial charge in [-0.2, -0.15) is 0 Å². The summed E-state index contributed by atoms with van der Waals surface area (Å²) in [5.74, 6) is 1.15. The summed E-state index contributed by atoms with van der Waals surface area (Å²) in [5, 5.41) is 11.3. The highest BCUT2D eigenvalue weighted by Crippen LogP contribution is 2.32. The number of hydrogen-bond donors (Lipinski definition) is 2. The first kappa shape index (κ1) is 15.5. The van der Waals surface area contributed by atoms with Gasteiger partial charge in [0.1, 0.15) is 11.5 Å². The number of ether oxygens (including phenoxy) is 1. The topological polar surface area (TPSA) is 81.6 Å². The van der Waals surface area contributed by atoms with Crippen LogP contribution in [0.2, 0.25) is 0 Å². The lowest BCUT2D eigenvalue weighted by atomic mass is 10.1. The predicted molar refractivity (Wildman–Crippen MR) is 88.9 cm³/mol. The molecule has 0 radical (unpaired) electrons. The number of fused-ring (bicyclic) bond motifs is 1. The Kier molecular flexibility index (Phi) is 4.57. The second-order valence-electron chi connectivity index (χ2n) is 4.89. The number of anilines is 1. The fourth-order valence-electron chi connectivity index (χ4n) is 2.35. The van der Waals surface area contributed by atoms with E-state index in [1.807, 2.05) is 42.5 Å². The van der Waals surface area contributed by atoms with Crippen LogP contribution in [0.1, 0.15) is 5.56 Å². The van der Waals surface area contributed by atoms with Gasteiger partial charge in [0.15, 0.2) is 0 Å². The summed E-state index contributed by atoms with van der Waals surface area (Å²) in [5.41, 5.74) is 0.762. The van der Waals surface area contributed by atoms with E-state index in [-0.39, 0.29) is 6.61 Å². The Morgan fingerprint density at radius 3 is 2.65 bits per heavy atom. The molecule has 0 aliphatic carbocycles. The van der Waals surface area contributed by atoms with Crippen LogP contribution in [0.5, 0.6) is 11.5 Å². The van der Waals surface area contributed by atoms with Gasteiger partial charge in [0, 0.05) is 28.3 Å². The van der Waals surface area contributed by atoms with Crippen molar-refractivity contribution in [2.75, 3.05) is 4.72 Å². The van der Waals surface area contributed by atoms with Crippen molar-refractivity contribution in [3.63, 3.8) is 0 Å². The number of hydrogen-bond acceptors (Lipinski definition) is 4. The largest absolute Gasteiger partial charge is 0.755 e. The molecule has 0 heterocycles. The highest BCUT2D eigenvalue weighted by Gasteiger charge is 2.07. The Bertz CT molecular complexity index is 861. The van der Waals surface area contributed by atoms with Gasteiger partial charge >= 0.3 is 0 Å². The third-order valence-corrected chi connectivity index (χ3v) is 3.81. The molecule has 0 aliphatic heterocycles. The van der Waals surface area contributed by atoms with Gasteiger partial charge in [-0.25, -0.2) is 0 Å². The first-order valence-electron chi connectivity index (χ1n) is 6.92. The SMILES string of the molecule is O=S([O-])Nc1cc(Oc2cccc3ccccc23)ccc1CO. The lowest BCUT2D eigenvalue weighted by Crippen LogP contribution is -2.05. The first-order chi connectivity index (χ1) is 11.2. The minimum absolute atomic E-state index is 0.270. The molecule has 118 valence electrons. The van der Waals surface area contributed by atoms with E-state index < -0.39 is 11.3 Å². The third-order valence-electron chi connectivity index (χ3n) is 3.42. The molecular weight excluding hydrogens is 314 g/mol. The van der Waals surface area contributed by atoms with Crippen molar-refractivity contribution >= 4 is 27.7 Å². The summed E-state index contributed by atoms with van der Waals surface area (Å²) in [6, 6.07) is 18.4. The molecule has 6 heteroatoms. The van der Waals surface area contributed by atoms with Crippen LogP contribution in [0.25, 0.3) is 10.8 Å². The van der Waals surface area contributed by atoms with Gasteiger partial charge in [0.2, 0.25) is 0 Å². The smallest absolute Gasteiger partial charge is 0.135 e. The average molecular weight is 328 g/mol. The van der Waals surface area contributed by atoms with Gasteiger partial charge in [-0.3, -0.25) is 4.21 Å². The van der Waals surface area contributed by atoms with E-state index in [2.05, 4.69) is 4.72 Å². The van der Waals surface area contributed by atoms with Crippen LogP contribution in [0.3, 0.4) is 0 Å². The maximum atomic E-state index is 10.8. The monoisotopic (exact) mass is 328 g/mol. The van der Waals surface area contributed by atoms with Crippen molar-refractivity contribution in [1.29, 1.82) is 0 Å². The molecule has 23 heavy (non-hydrogen) atoms. The lowest BCUT2D eigenvalue weighted by Gasteiger charge is -2.15.